The lowest BCUT2D eigenvalue weighted by Gasteiger charge is -2.43. The Morgan fingerprint density at radius 1 is 0.966 bits per heavy atom. The Labute approximate surface area is 175 Å². The summed E-state index contributed by atoms with van der Waals surface area (Å²) in [5.74, 6) is 1.29. The lowest BCUT2D eigenvalue weighted by Crippen LogP contribution is -2.53. The number of hydrogen-bond donors (Lipinski definition) is 2. The third-order valence-electron chi connectivity index (χ3n) is 6.49. The van der Waals surface area contributed by atoms with Crippen molar-refractivity contribution in [3.05, 3.63) is 0 Å². The fraction of sp³-hybridized carbons (Fsp3) is 0.909. The predicted octanol–water partition coefficient (Wildman–Crippen LogP) is 2.21. The number of rotatable bonds is 9. The van der Waals surface area contributed by atoms with Crippen molar-refractivity contribution in [1.29, 1.82) is 0 Å². The van der Waals surface area contributed by atoms with E-state index in [1.807, 2.05) is 0 Å². The van der Waals surface area contributed by atoms with Gasteiger partial charge >= 0.3 is 6.03 Å². The second kappa shape index (κ2) is 11.2. The quantitative estimate of drug-likeness (QED) is 0.613. The van der Waals surface area contributed by atoms with Gasteiger partial charge in [-0.3, -0.25) is 9.69 Å². The second-order valence-electron chi connectivity index (χ2n) is 9.28. The summed E-state index contributed by atoms with van der Waals surface area (Å²) in [6, 6.07) is 0.944. The lowest BCUT2D eigenvalue weighted by atomic mass is 9.97. The van der Waals surface area contributed by atoms with E-state index in [1.54, 1.807) is 0 Å². The van der Waals surface area contributed by atoms with Crippen molar-refractivity contribution in [2.45, 2.75) is 70.9 Å². The van der Waals surface area contributed by atoms with Gasteiger partial charge in [0, 0.05) is 63.9 Å². The van der Waals surface area contributed by atoms with Crippen LogP contribution in [0.25, 0.3) is 0 Å². The molecule has 3 fully saturated rings. The summed E-state index contributed by atoms with van der Waals surface area (Å²) in [7, 11) is 0. The number of piperidine rings is 1. The van der Waals surface area contributed by atoms with E-state index in [-0.39, 0.29) is 6.03 Å². The number of nitrogens with one attached hydrogen (secondary N) is 2. The molecule has 7 nitrogen and oxygen atoms in total. The normalized spacial score (nSPS) is 21.6. The standard InChI is InChI=1S/C22H40N4O3/c1-17(2)5-10-23-22(28)24-11-14-26(20-8-15-29-16-9-20)19-6-12-25(13-7-19)21(27)18-3-4-18/h17-20H,3-16H2,1-2H3,(H2,23,24,28). The van der Waals surface area contributed by atoms with Crippen LogP contribution in [0, 0.1) is 11.8 Å². The highest BCUT2D eigenvalue weighted by molar-refractivity contribution is 5.81. The van der Waals surface area contributed by atoms with Crippen molar-refractivity contribution in [3.63, 3.8) is 0 Å². The molecule has 3 rings (SSSR count). The van der Waals surface area contributed by atoms with Crippen LogP contribution in [0.2, 0.25) is 0 Å². The number of amides is 3. The van der Waals surface area contributed by atoms with Crippen molar-refractivity contribution in [3.8, 4) is 0 Å². The fourth-order valence-electron chi connectivity index (χ4n) is 4.52. The van der Waals surface area contributed by atoms with Gasteiger partial charge in [-0.25, -0.2) is 4.79 Å². The van der Waals surface area contributed by atoms with Gasteiger partial charge in [0.15, 0.2) is 0 Å². The SMILES string of the molecule is CC(C)CCNC(=O)NCCN(C1CCOCC1)C1CCN(C(=O)C2CC2)CC1. The van der Waals surface area contributed by atoms with Crippen LogP contribution in [0.1, 0.15) is 58.8 Å². The molecule has 0 aromatic heterocycles. The van der Waals surface area contributed by atoms with Crippen LogP contribution in [0.15, 0.2) is 0 Å². The van der Waals surface area contributed by atoms with Gasteiger partial charge in [-0.2, -0.15) is 0 Å². The summed E-state index contributed by atoms with van der Waals surface area (Å²) in [5.41, 5.74) is 0. The van der Waals surface area contributed by atoms with E-state index in [1.165, 1.54) is 0 Å². The molecule has 0 atom stereocenters. The van der Waals surface area contributed by atoms with E-state index >= 15 is 0 Å². The van der Waals surface area contributed by atoms with Crippen molar-refractivity contribution in [1.82, 2.24) is 20.4 Å². The first-order valence-electron chi connectivity index (χ1n) is 11.7. The molecule has 0 radical (unpaired) electrons. The molecule has 7 heteroatoms. The Morgan fingerprint density at radius 3 is 2.21 bits per heavy atom. The summed E-state index contributed by atoms with van der Waals surface area (Å²) in [5, 5.41) is 5.98. The van der Waals surface area contributed by atoms with E-state index in [0.717, 1.165) is 84.3 Å². The van der Waals surface area contributed by atoms with Gasteiger partial charge in [-0.05, 0) is 50.9 Å². The van der Waals surface area contributed by atoms with E-state index in [4.69, 9.17) is 4.74 Å². The van der Waals surface area contributed by atoms with E-state index < -0.39 is 0 Å². The zero-order chi connectivity index (χ0) is 20.6. The van der Waals surface area contributed by atoms with E-state index in [0.29, 0.717) is 36.4 Å². The average molecular weight is 409 g/mol. The molecule has 0 spiro atoms. The maximum atomic E-state index is 12.4. The molecule has 166 valence electrons. The molecule has 2 aliphatic heterocycles. The van der Waals surface area contributed by atoms with Crippen molar-refractivity contribution in [2.24, 2.45) is 11.8 Å². The first-order chi connectivity index (χ1) is 14.0. The summed E-state index contributed by atoms with van der Waals surface area (Å²) < 4.78 is 5.57. The Balaban J connectivity index is 1.45. The van der Waals surface area contributed by atoms with Gasteiger partial charge in [0.2, 0.25) is 5.91 Å². The molecule has 0 bridgehead atoms. The van der Waals surface area contributed by atoms with Gasteiger partial charge in [-0.1, -0.05) is 13.8 Å². The first kappa shape index (κ1) is 22.3. The van der Waals surface area contributed by atoms with Crippen LogP contribution >= 0.6 is 0 Å². The topological polar surface area (TPSA) is 73.9 Å². The number of nitrogens with zero attached hydrogens (tertiary/aromatic N) is 2. The van der Waals surface area contributed by atoms with Crippen LogP contribution in [0.3, 0.4) is 0 Å². The zero-order valence-corrected chi connectivity index (χ0v) is 18.3. The molecule has 0 aromatic carbocycles. The molecule has 2 N–H and O–H groups in total. The summed E-state index contributed by atoms with van der Waals surface area (Å²) in [6.07, 6.45) is 7.35. The van der Waals surface area contributed by atoms with Crippen molar-refractivity contribution < 1.29 is 14.3 Å². The highest BCUT2D eigenvalue weighted by atomic mass is 16.5. The summed E-state index contributed by atoms with van der Waals surface area (Å²) in [6.45, 7) is 9.97. The average Bonchev–Trinajstić information content (AvgIpc) is 3.57. The summed E-state index contributed by atoms with van der Waals surface area (Å²) in [4.78, 5) is 29.1. The zero-order valence-electron chi connectivity index (χ0n) is 18.3. The number of hydrogen-bond acceptors (Lipinski definition) is 4. The number of urea groups is 1. The molecule has 3 amide bonds. The molecule has 3 aliphatic rings. The molecule has 1 saturated carbocycles. The Morgan fingerprint density at radius 2 is 1.59 bits per heavy atom. The van der Waals surface area contributed by atoms with Crippen LogP contribution in [-0.4, -0.2) is 79.8 Å². The number of carbonyl (C=O) groups is 2. The van der Waals surface area contributed by atoms with Crippen molar-refractivity contribution in [2.75, 3.05) is 45.9 Å². The minimum atomic E-state index is -0.0672. The fourth-order valence-corrected chi connectivity index (χ4v) is 4.52. The van der Waals surface area contributed by atoms with Crippen molar-refractivity contribution >= 4 is 11.9 Å². The molecule has 1 aliphatic carbocycles. The Hall–Kier alpha value is -1.34. The monoisotopic (exact) mass is 408 g/mol. The summed E-state index contributed by atoms with van der Waals surface area (Å²) >= 11 is 0. The van der Waals surface area contributed by atoms with Gasteiger partial charge in [0.05, 0.1) is 0 Å². The molecule has 0 unspecified atom stereocenters. The minimum Gasteiger partial charge on any atom is -0.381 e. The highest BCUT2D eigenvalue weighted by Crippen LogP contribution is 2.32. The Bertz CT molecular complexity index is 524. The van der Waals surface area contributed by atoms with Gasteiger partial charge < -0.3 is 20.3 Å². The second-order valence-corrected chi connectivity index (χ2v) is 9.28. The van der Waals surface area contributed by atoms with Crippen LogP contribution in [0.4, 0.5) is 4.79 Å². The van der Waals surface area contributed by atoms with E-state index in [9.17, 15) is 9.59 Å². The molecular weight excluding hydrogens is 368 g/mol. The first-order valence-corrected chi connectivity index (χ1v) is 11.7. The third kappa shape index (κ3) is 7.14. The largest absolute Gasteiger partial charge is 0.381 e. The predicted molar refractivity (Wildman–Crippen MR) is 114 cm³/mol. The highest BCUT2D eigenvalue weighted by Gasteiger charge is 2.36. The minimum absolute atomic E-state index is 0.0672. The molecule has 0 aromatic rings. The molecular formula is C22H40N4O3. The van der Waals surface area contributed by atoms with Crippen LogP contribution < -0.4 is 10.6 Å². The van der Waals surface area contributed by atoms with E-state index in [2.05, 4.69) is 34.3 Å². The number of likely N-dealkylation sites (tertiary alicyclic amines) is 1. The van der Waals surface area contributed by atoms with Gasteiger partial charge in [0.1, 0.15) is 0 Å². The molecule has 29 heavy (non-hydrogen) atoms. The van der Waals surface area contributed by atoms with Crippen LogP contribution in [-0.2, 0) is 9.53 Å². The Kier molecular flexibility index (Phi) is 8.60. The third-order valence-corrected chi connectivity index (χ3v) is 6.49. The van der Waals surface area contributed by atoms with Gasteiger partial charge in [-0.15, -0.1) is 0 Å². The maximum Gasteiger partial charge on any atom is 0.314 e. The maximum absolute atomic E-state index is 12.4. The van der Waals surface area contributed by atoms with Gasteiger partial charge in [0.25, 0.3) is 0 Å². The lowest BCUT2D eigenvalue weighted by molar-refractivity contribution is -0.134. The van der Waals surface area contributed by atoms with Crippen LogP contribution in [0.5, 0.6) is 0 Å². The molecule has 2 heterocycles. The number of carbonyl (C=O) groups excluding carboxylic acids is 2. The number of ether oxygens (including phenoxy) is 1. The molecule has 2 saturated heterocycles. The smallest absolute Gasteiger partial charge is 0.314 e.